The average Bonchev–Trinajstić information content (AvgIpc) is 2.01. The number of carbonyl (C=O) groups excluding carboxylic acids is 1. The van der Waals surface area contributed by atoms with E-state index in [0.29, 0.717) is 6.42 Å². The highest BCUT2D eigenvalue weighted by molar-refractivity contribution is 5.82. The maximum Gasteiger partial charge on any atom is 0.237 e. The van der Waals surface area contributed by atoms with E-state index in [1.807, 2.05) is 26.8 Å². The molecule has 0 saturated carbocycles. The number of nitrogens with zero attached hydrogens (tertiary/aromatic N) is 1. The topological polar surface area (TPSA) is 78.9 Å². The van der Waals surface area contributed by atoms with E-state index >= 15 is 0 Å². The molecule has 0 aliphatic carbocycles. The average molecular weight is 197 g/mol. The first-order valence-corrected chi connectivity index (χ1v) is 4.72. The summed E-state index contributed by atoms with van der Waals surface area (Å²) in [7, 11) is 0. The van der Waals surface area contributed by atoms with E-state index in [9.17, 15) is 4.79 Å². The standard InChI is InChI=1S/C10H19N3O/c1-7(5-6-11)13-9(14)8(12)10(2,3)4/h7-8H,5,12H2,1-4H3,(H,13,14)/t7?,8-/m0/s1. The van der Waals surface area contributed by atoms with Gasteiger partial charge in [-0.2, -0.15) is 5.26 Å². The molecule has 4 heteroatoms. The van der Waals surface area contributed by atoms with Gasteiger partial charge in [0.2, 0.25) is 5.91 Å². The molecule has 0 saturated heterocycles. The number of carbonyl (C=O) groups is 1. The van der Waals surface area contributed by atoms with Gasteiger partial charge in [0.1, 0.15) is 0 Å². The van der Waals surface area contributed by atoms with Crippen molar-refractivity contribution >= 4 is 5.91 Å². The van der Waals surface area contributed by atoms with Crippen molar-refractivity contribution in [1.82, 2.24) is 5.32 Å². The lowest BCUT2D eigenvalue weighted by Gasteiger charge is -2.26. The first-order valence-electron chi connectivity index (χ1n) is 4.72. The van der Waals surface area contributed by atoms with Crippen molar-refractivity contribution < 1.29 is 4.79 Å². The van der Waals surface area contributed by atoms with Crippen molar-refractivity contribution in [3.63, 3.8) is 0 Å². The van der Waals surface area contributed by atoms with Gasteiger partial charge in [-0.25, -0.2) is 0 Å². The molecule has 4 nitrogen and oxygen atoms in total. The van der Waals surface area contributed by atoms with Crippen LogP contribution in [0.5, 0.6) is 0 Å². The van der Waals surface area contributed by atoms with Crippen LogP contribution in [0.15, 0.2) is 0 Å². The highest BCUT2D eigenvalue weighted by Crippen LogP contribution is 2.17. The second kappa shape index (κ2) is 4.97. The molecule has 1 amide bonds. The monoisotopic (exact) mass is 197 g/mol. The Morgan fingerprint density at radius 3 is 2.43 bits per heavy atom. The normalized spacial score (nSPS) is 15.4. The van der Waals surface area contributed by atoms with Gasteiger partial charge in [0, 0.05) is 6.04 Å². The van der Waals surface area contributed by atoms with Gasteiger partial charge < -0.3 is 11.1 Å². The molecule has 2 atom stereocenters. The van der Waals surface area contributed by atoms with Crippen LogP contribution < -0.4 is 11.1 Å². The second-order valence-electron chi connectivity index (χ2n) is 4.62. The minimum Gasteiger partial charge on any atom is -0.351 e. The van der Waals surface area contributed by atoms with Crippen LogP contribution in [-0.4, -0.2) is 18.0 Å². The number of amides is 1. The summed E-state index contributed by atoms with van der Waals surface area (Å²) in [5.41, 5.74) is 5.49. The first-order chi connectivity index (χ1) is 6.29. The third-order valence-corrected chi connectivity index (χ3v) is 2.00. The molecule has 3 N–H and O–H groups in total. The largest absolute Gasteiger partial charge is 0.351 e. The molecule has 0 bridgehead atoms. The summed E-state index contributed by atoms with van der Waals surface area (Å²) >= 11 is 0. The molecule has 0 heterocycles. The minimum absolute atomic E-state index is 0.138. The fourth-order valence-electron chi connectivity index (χ4n) is 0.914. The van der Waals surface area contributed by atoms with Crippen molar-refractivity contribution in [2.45, 2.75) is 46.2 Å². The molecule has 14 heavy (non-hydrogen) atoms. The van der Waals surface area contributed by atoms with E-state index in [1.165, 1.54) is 0 Å². The van der Waals surface area contributed by atoms with Gasteiger partial charge in [0.25, 0.3) is 0 Å². The van der Waals surface area contributed by atoms with Gasteiger partial charge >= 0.3 is 0 Å². The summed E-state index contributed by atoms with van der Waals surface area (Å²) in [6.07, 6.45) is 0.308. The Morgan fingerprint density at radius 2 is 2.07 bits per heavy atom. The lowest BCUT2D eigenvalue weighted by atomic mass is 9.87. The molecule has 80 valence electrons. The molecule has 0 aromatic rings. The summed E-state index contributed by atoms with van der Waals surface area (Å²) in [6.45, 7) is 7.51. The Hall–Kier alpha value is -1.08. The van der Waals surface area contributed by atoms with E-state index in [2.05, 4.69) is 5.32 Å². The Bertz CT molecular complexity index is 237. The van der Waals surface area contributed by atoms with E-state index in [4.69, 9.17) is 11.0 Å². The molecule has 0 spiro atoms. The van der Waals surface area contributed by atoms with Crippen LogP contribution in [-0.2, 0) is 4.79 Å². The Balaban J connectivity index is 4.17. The van der Waals surface area contributed by atoms with E-state index in [1.54, 1.807) is 6.92 Å². The zero-order valence-electron chi connectivity index (χ0n) is 9.29. The highest BCUT2D eigenvalue weighted by Gasteiger charge is 2.27. The van der Waals surface area contributed by atoms with Gasteiger partial charge in [0.05, 0.1) is 18.5 Å². The van der Waals surface area contributed by atoms with Crippen molar-refractivity contribution in [3.05, 3.63) is 0 Å². The predicted octanol–water partition coefficient (Wildman–Crippen LogP) is 0.778. The van der Waals surface area contributed by atoms with Crippen molar-refractivity contribution in [1.29, 1.82) is 5.26 Å². The lowest BCUT2D eigenvalue weighted by Crippen LogP contribution is -2.50. The number of hydrogen-bond acceptors (Lipinski definition) is 3. The van der Waals surface area contributed by atoms with Gasteiger partial charge in [-0.1, -0.05) is 20.8 Å². The molecule has 0 aliphatic rings. The second-order valence-corrected chi connectivity index (χ2v) is 4.62. The molecular weight excluding hydrogens is 178 g/mol. The molecule has 0 rings (SSSR count). The minimum atomic E-state index is -0.538. The number of nitriles is 1. The summed E-state index contributed by atoms with van der Waals surface area (Å²) in [4.78, 5) is 11.5. The van der Waals surface area contributed by atoms with Crippen LogP contribution in [0.4, 0.5) is 0 Å². The Labute approximate surface area is 85.5 Å². The third kappa shape index (κ3) is 4.24. The molecule has 0 aliphatic heterocycles. The van der Waals surface area contributed by atoms with Crippen LogP contribution in [0.25, 0.3) is 0 Å². The Kier molecular flexibility index (Phi) is 4.58. The van der Waals surface area contributed by atoms with Crippen LogP contribution in [0.1, 0.15) is 34.1 Å². The van der Waals surface area contributed by atoms with E-state index in [0.717, 1.165) is 0 Å². The molecule has 0 radical (unpaired) electrons. The van der Waals surface area contributed by atoms with Crippen molar-refractivity contribution in [2.24, 2.45) is 11.1 Å². The van der Waals surface area contributed by atoms with Crippen LogP contribution in [0.2, 0.25) is 0 Å². The van der Waals surface area contributed by atoms with Crippen molar-refractivity contribution in [3.8, 4) is 6.07 Å². The quantitative estimate of drug-likeness (QED) is 0.701. The van der Waals surface area contributed by atoms with Crippen LogP contribution in [0, 0.1) is 16.7 Å². The van der Waals surface area contributed by atoms with E-state index in [-0.39, 0.29) is 17.4 Å². The van der Waals surface area contributed by atoms with Gasteiger partial charge in [0.15, 0.2) is 0 Å². The van der Waals surface area contributed by atoms with Crippen molar-refractivity contribution in [2.75, 3.05) is 0 Å². The molecule has 0 fully saturated rings. The SMILES string of the molecule is CC(CC#N)NC(=O)[C@H](N)C(C)(C)C. The summed E-state index contributed by atoms with van der Waals surface area (Å²) in [5, 5.41) is 11.1. The fourth-order valence-corrected chi connectivity index (χ4v) is 0.914. The van der Waals surface area contributed by atoms with E-state index < -0.39 is 6.04 Å². The smallest absolute Gasteiger partial charge is 0.237 e. The summed E-state index contributed by atoms with van der Waals surface area (Å²) in [5.74, 6) is -0.194. The maximum atomic E-state index is 11.5. The summed E-state index contributed by atoms with van der Waals surface area (Å²) in [6, 6.07) is 1.32. The third-order valence-electron chi connectivity index (χ3n) is 2.00. The molecular formula is C10H19N3O. The molecule has 0 aromatic carbocycles. The number of nitrogens with two attached hydrogens (primary N) is 1. The first kappa shape index (κ1) is 12.9. The maximum absolute atomic E-state index is 11.5. The zero-order valence-corrected chi connectivity index (χ0v) is 9.29. The van der Waals surface area contributed by atoms with Gasteiger partial charge in [-0.05, 0) is 12.3 Å². The summed E-state index contributed by atoms with van der Waals surface area (Å²) < 4.78 is 0. The predicted molar refractivity (Wildman–Crippen MR) is 55.3 cm³/mol. The number of nitrogens with one attached hydrogen (secondary N) is 1. The van der Waals surface area contributed by atoms with Gasteiger partial charge in [-0.3, -0.25) is 4.79 Å². The highest BCUT2D eigenvalue weighted by atomic mass is 16.2. The number of rotatable bonds is 3. The van der Waals surface area contributed by atoms with Gasteiger partial charge in [-0.15, -0.1) is 0 Å². The zero-order chi connectivity index (χ0) is 11.4. The Morgan fingerprint density at radius 1 is 1.57 bits per heavy atom. The number of hydrogen-bond donors (Lipinski definition) is 2. The van der Waals surface area contributed by atoms with Crippen LogP contribution in [0.3, 0.4) is 0 Å². The molecule has 1 unspecified atom stereocenters. The fraction of sp³-hybridized carbons (Fsp3) is 0.800. The van der Waals surface area contributed by atoms with Crippen LogP contribution >= 0.6 is 0 Å². The lowest BCUT2D eigenvalue weighted by molar-refractivity contribution is -0.125. The molecule has 0 aromatic heterocycles.